The van der Waals surface area contributed by atoms with E-state index in [9.17, 15) is 13.2 Å². The maximum Gasteiger partial charge on any atom is 0.420 e. The number of alkyl halides is 3. The summed E-state index contributed by atoms with van der Waals surface area (Å²) in [6.45, 7) is -0.110. The third-order valence-electron chi connectivity index (χ3n) is 3.17. The minimum Gasteiger partial charge on any atom is -0.487 e. The Hall–Kier alpha value is -2.01. The number of hydrogen-bond donors (Lipinski definition) is 0. The molecule has 108 valence electrons. The Labute approximate surface area is 125 Å². The predicted molar refractivity (Wildman–Crippen MR) is 69.5 cm³/mol. The van der Waals surface area contributed by atoms with Crippen LogP contribution in [-0.2, 0) is 19.3 Å². The van der Waals surface area contributed by atoms with Gasteiger partial charge in [-0.3, -0.25) is 4.68 Å². The fourth-order valence-electron chi connectivity index (χ4n) is 2.24. The molecule has 3 rings (SSSR count). The fourth-order valence-corrected chi connectivity index (χ4v) is 2.89. The largest absolute Gasteiger partial charge is 0.487 e. The van der Waals surface area contributed by atoms with Crippen molar-refractivity contribution in [3.8, 4) is 11.8 Å². The van der Waals surface area contributed by atoms with E-state index in [-0.39, 0.29) is 23.4 Å². The molecular weight excluding hydrogens is 351 g/mol. The van der Waals surface area contributed by atoms with Crippen LogP contribution in [0.15, 0.2) is 22.8 Å². The highest BCUT2D eigenvalue weighted by Crippen LogP contribution is 2.39. The van der Waals surface area contributed by atoms with E-state index in [1.165, 1.54) is 4.68 Å². The number of nitriles is 1. The van der Waals surface area contributed by atoms with Crippen LogP contribution in [0.5, 0.6) is 5.75 Å². The molecule has 0 N–H and O–H groups in total. The van der Waals surface area contributed by atoms with Crippen molar-refractivity contribution >= 4 is 15.9 Å². The molecule has 0 saturated carbocycles. The van der Waals surface area contributed by atoms with Crippen molar-refractivity contribution in [1.29, 1.82) is 5.26 Å². The van der Waals surface area contributed by atoms with Crippen molar-refractivity contribution in [3.05, 3.63) is 45.2 Å². The first-order valence-electron chi connectivity index (χ1n) is 5.88. The SMILES string of the molecule is N#Cc1ccc2c(c1)Cn1nc(Br)c(C(F)(F)F)c1CO2. The van der Waals surface area contributed by atoms with Crippen molar-refractivity contribution in [2.45, 2.75) is 19.3 Å². The van der Waals surface area contributed by atoms with Gasteiger partial charge in [-0.15, -0.1) is 0 Å². The molecule has 0 amide bonds. The van der Waals surface area contributed by atoms with E-state index in [2.05, 4.69) is 21.0 Å². The van der Waals surface area contributed by atoms with Gasteiger partial charge in [0.25, 0.3) is 0 Å². The summed E-state index contributed by atoms with van der Waals surface area (Å²) in [5.41, 5.74) is 0.180. The summed E-state index contributed by atoms with van der Waals surface area (Å²) in [5, 5.41) is 12.8. The molecule has 2 aromatic rings. The smallest absolute Gasteiger partial charge is 0.420 e. The monoisotopic (exact) mass is 357 g/mol. The van der Waals surface area contributed by atoms with Crippen molar-refractivity contribution in [3.63, 3.8) is 0 Å². The third-order valence-corrected chi connectivity index (χ3v) is 3.73. The Morgan fingerprint density at radius 2 is 2.14 bits per heavy atom. The molecule has 0 unspecified atom stereocenters. The number of ether oxygens (including phenoxy) is 1. The number of fused-ring (bicyclic) bond motifs is 2. The summed E-state index contributed by atoms with van der Waals surface area (Å²) in [4.78, 5) is 0. The van der Waals surface area contributed by atoms with Gasteiger partial charge in [0.15, 0.2) is 0 Å². The van der Waals surface area contributed by atoms with Crippen LogP contribution < -0.4 is 4.74 Å². The lowest BCUT2D eigenvalue weighted by Gasteiger charge is -2.09. The van der Waals surface area contributed by atoms with Crippen molar-refractivity contribution < 1.29 is 17.9 Å². The highest BCUT2D eigenvalue weighted by atomic mass is 79.9. The van der Waals surface area contributed by atoms with Gasteiger partial charge in [0.2, 0.25) is 0 Å². The zero-order valence-electron chi connectivity index (χ0n) is 10.4. The van der Waals surface area contributed by atoms with Gasteiger partial charge >= 0.3 is 6.18 Å². The highest BCUT2D eigenvalue weighted by Gasteiger charge is 2.40. The van der Waals surface area contributed by atoms with Crippen molar-refractivity contribution in [2.75, 3.05) is 0 Å². The molecule has 2 heterocycles. The standard InChI is InChI=1S/C13H7BrF3N3O/c14-12-11(13(15,16)17)9-6-21-10-2-1-7(4-18)3-8(10)5-20(9)19-12/h1-3H,5-6H2. The number of hydrogen-bond acceptors (Lipinski definition) is 3. The molecule has 1 aliphatic rings. The Bertz CT molecular complexity index is 761. The lowest BCUT2D eigenvalue weighted by molar-refractivity contribution is -0.139. The molecular formula is C13H7BrF3N3O. The first-order chi connectivity index (χ1) is 9.90. The third kappa shape index (κ3) is 2.38. The predicted octanol–water partition coefficient (Wildman–Crippen LogP) is 3.48. The van der Waals surface area contributed by atoms with E-state index in [0.717, 1.165) is 0 Å². The van der Waals surface area contributed by atoms with Crippen LogP contribution in [-0.4, -0.2) is 9.78 Å². The second-order valence-electron chi connectivity index (χ2n) is 4.49. The van der Waals surface area contributed by atoms with E-state index in [1.54, 1.807) is 18.2 Å². The van der Waals surface area contributed by atoms with Gasteiger partial charge in [0.1, 0.15) is 22.5 Å². The molecule has 0 spiro atoms. The van der Waals surface area contributed by atoms with E-state index >= 15 is 0 Å². The zero-order chi connectivity index (χ0) is 15.2. The number of aromatic nitrogens is 2. The van der Waals surface area contributed by atoms with Gasteiger partial charge < -0.3 is 4.74 Å². The molecule has 21 heavy (non-hydrogen) atoms. The molecule has 4 nitrogen and oxygen atoms in total. The van der Waals surface area contributed by atoms with Gasteiger partial charge in [-0.25, -0.2) is 0 Å². The topological polar surface area (TPSA) is 50.8 Å². The number of rotatable bonds is 0. The molecule has 0 fully saturated rings. The van der Waals surface area contributed by atoms with Gasteiger partial charge in [0, 0.05) is 5.56 Å². The minimum atomic E-state index is -4.51. The molecule has 0 aliphatic carbocycles. The highest BCUT2D eigenvalue weighted by molar-refractivity contribution is 9.10. The Kier molecular flexibility index (Phi) is 3.17. The maximum absolute atomic E-state index is 13.1. The van der Waals surface area contributed by atoms with E-state index in [4.69, 9.17) is 10.00 Å². The molecule has 1 aromatic heterocycles. The lowest BCUT2D eigenvalue weighted by atomic mass is 10.1. The Balaban J connectivity index is 2.11. The summed E-state index contributed by atoms with van der Waals surface area (Å²) < 4.78 is 45.6. The maximum atomic E-state index is 13.1. The quantitative estimate of drug-likeness (QED) is 0.725. The second-order valence-corrected chi connectivity index (χ2v) is 5.24. The van der Waals surface area contributed by atoms with Gasteiger partial charge in [0.05, 0.1) is 23.9 Å². The first-order valence-corrected chi connectivity index (χ1v) is 6.67. The number of benzene rings is 1. The minimum absolute atomic E-state index is 0.0379. The van der Waals surface area contributed by atoms with Crippen molar-refractivity contribution in [1.82, 2.24) is 9.78 Å². The van der Waals surface area contributed by atoms with E-state index < -0.39 is 11.7 Å². The summed E-state index contributed by atoms with van der Waals surface area (Å²) in [5.74, 6) is 0.462. The molecule has 1 aromatic carbocycles. The van der Waals surface area contributed by atoms with Gasteiger partial charge in [-0.2, -0.15) is 23.5 Å². The van der Waals surface area contributed by atoms with Crippen LogP contribution in [0.4, 0.5) is 13.2 Å². The summed E-state index contributed by atoms with van der Waals surface area (Å²) >= 11 is 2.85. The molecule has 0 saturated heterocycles. The first kappa shape index (κ1) is 13.9. The van der Waals surface area contributed by atoms with Crippen LogP contribution in [0.1, 0.15) is 22.4 Å². The number of halogens is 4. The van der Waals surface area contributed by atoms with Crippen LogP contribution in [0, 0.1) is 11.3 Å². The van der Waals surface area contributed by atoms with Crippen molar-refractivity contribution in [2.24, 2.45) is 0 Å². The zero-order valence-corrected chi connectivity index (χ0v) is 12.0. The Morgan fingerprint density at radius 1 is 1.38 bits per heavy atom. The normalized spacial score (nSPS) is 13.7. The average Bonchev–Trinajstić information content (AvgIpc) is 2.62. The van der Waals surface area contributed by atoms with Crippen LogP contribution >= 0.6 is 15.9 Å². The molecule has 0 atom stereocenters. The van der Waals surface area contributed by atoms with Gasteiger partial charge in [-0.1, -0.05) is 0 Å². The van der Waals surface area contributed by atoms with Gasteiger partial charge in [-0.05, 0) is 34.1 Å². The van der Waals surface area contributed by atoms with Crippen LogP contribution in [0.25, 0.3) is 0 Å². The van der Waals surface area contributed by atoms with Crippen LogP contribution in [0.2, 0.25) is 0 Å². The lowest BCUT2D eigenvalue weighted by Crippen LogP contribution is -2.12. The molecule has 0 radical (unpaired) electrons. The fraction of sp³-hybridized carbons (Fsp3) is 0.231. The molecule has 8 heteroatoms. The average molecular weight is 358 g/mol. The van der Waals surface area contributed by atoms with E-state index in [1.807, 2.05) is 6.07 Å². The second kappa shape index (κ2) is 4.77. The Morgan fingerprint density at radius 3 is 2.81 bits per heavy atom. The number of nitrogens with zero attached hydrogens (tertiary/aromatic N) is 3. The summed E-state index contributed by atoms with van der Waals surface area (Å²) in [7, 11) is 0. The summed E-state index contributed by atoms with van der Waals surface area (Å²) in [6, 6.07) is 6.73. The van der Waals surface area contributed by atoms with E-state index in [0.29, 0.717) is 16.9 Å². The summed E-state index contributed by atoms with van der Waals surface area (Å²) in [6.07, 6.45) is -4.51. The van der Waals surface area contributed by atoms with Crippen LogP contribution in [0.3, 0.4) is 0 Å². The molecule has 0 bridgehead atoms. The molecule has 1 aliphatic heterocycles.